The molecule has 1 amide bonds. The number of benzene rings is 1. The maximum absolute atomic E-state index is 12.3. The number of methoxy groups -OCH3 is 1. The summed E-state index contributed by atoms with van der Waals surface area (Å²) in [4.78, 5) is 12.3. The number of anilines is 1. The van der Waals surface area contributed by atoms with Crippen molar-refractivity contribution in [2.75, 3.05) is 12.8 Å². The van der Waals surface area contributed by atoms with Gasteiger partial charge >= 0.3 is 0 Å². The number of hydrogen-bond acceptors (Lipinski definition) is 3. The van der Waals surface area contributed by atoms with Gasteiger partial charge in [0.1, 0.15) is 0 Å². The highest BCUT2D eigenvalue weighted by Crippen LogP contribution is 2.29. The minimum absolute atomic E-state index is 0.108. The van der Waals surface area contributed by atoms with E-state index in [1.165, 1.54) is 32.8 Å². The van der Waals surface area contributed by atoms with E-state index in [2.05, 4.69) is 12.2 Å². The Hall–Kier alpha value is -1.71. The number of nitrogens with one attached hydrogen (secondary N) is 1. The van der Waals surface area contributed by atoms with Crippen LogP contribution in [0.5, 0.6) is 5.75 Å². The van der Waals surface area contributed by atoms with E-state index in [1.807, 2.05) is 0 Å². The summed E-state index contributed by atoms with van der Waals surface area (Å²) in [5.41, 5.74) is 6.81. The molecule has 0 spiro atoms. The van der Waals surface area contributed by atoms with Crippen LogP contribution in [-0.2, 0) is 0 Å². The molecule has 0 radical (unpaired) electrons. The van der Waals surface area contributed by atoms with E-state index in [0.29, 0.717) is 22.9 Å². The topological polar surface area (TPSA) is 64.3 Å². The van der Waals surface area contributed by atoms with Gasteiger partial charge in [-0.2, -0.15) is 0 Å². The standard InChI is InChI=1S/C15H22N2O2/c1-10(11-6-3-4-7-11)17-15(18)12-8-5-9-13(16)14(12)19-2/h5,8-11H,3-4,6-7,16H2,1-2H3,(H,17,18). The van der Waals surface area contributed by atoms with Gasteiger partial charge in [0.15, 0.2) is 5.75 Å². The molecule has 0 heterocycles. The summed E-state index contributed by atoms with van der Waals surface area (Å²) < 4.78 is 5.22. The number of rotatable bonds is 4. The molecular weight excluding hydrogens is 240 g/mol. The number of ether oxygens (including phenoxy) is 1. The van der Waals surface area contributed by atoms with Gasteiger partial charge in [0, 0.05) is 6.04 Å². The Labute approximate surface area is 114 Å². The highest BCUT2D eigenvalue weighted by atomic mass is 16.5. The van der Waals surface area contributed by atoms with Crippen molar-refractivity contribution >= 4 is 11.6 Å². The molecule has 0 aromatic heterocycles. The second-order valence-corrected chi connectivity index (χ2v) is 5.23. The lowest BCUT2D eigenvalue weighted by Gasteiger charge is -2.21. The van der Waals surface area contributed by atoms with Crippen LogP contribution in [0.1, 0.15) is 43.0 Å². The molecule has 104 valence electrons. The van der Waals surface area contributed by atoms with E-state index in [4.69, 9.17) is 10.5 Å². The van der Waals surface area contributed by atoms with Crippen molar-refractivity contribution in [1.29, 1.82) is 0 Å². The van der Waals surface area contributed by atoms with Gasteiger partial charge in [-0.15, -0.1) is 0 Å². The summed E-state index contributed by atoms with van der Waals surface area (Å²) in [6.07, 6.45) is 4.95. The van der Waals surface area contributed by atoms with Crippen LogP contribution >= 0.6 is 0 Å². The summed E-state index contributed by atoms with van der Waals surface area (Å²) >= 11 is 0. The molecule has 1 aliphatic carbocycles. The number of hydrogen-bond donors (Lipinski definition) is 2. The molecule has 4 heteroatoms. The van der Waals surface area contributed by atoms with E-state index in [9.17, 15) is 4.79 Å². The van der Waals surface area contributed by atoms with Crippen LogP contribution < -0.4 is 15.8 Å². The molecule has 1 aromatic carbocycles. The number of para-hydroxylation sites is 1. The molecule has 1 atom stereocenters. The second kappa shape index (κ2) is 5.95. The molecule has 1 aromatic rings. The molecule has 0 saturated heterocycles. The first-order valence-corrected chi connectivity index (χ1v) is 6.87. The molecule has 1 unspecified atom stereocenters. The third kappa shape index (κ3) is 3.00. The maximum atomic E-state index is 12.3. The van der Waals surface area contributed by atoms with Gasteiger partial charge in [0.25, 0.3) is 5.91 Å². The van der Waals surface area contributed by atoms with Crippen LogP contribution in [0.25, 0.3) is 0 Å². The minimum Gasteiger partial charge on any atom is -0.494 e. The molecule has 4 nitrogen and oxygen atoms in total. The van der Waals surface area contributed by atoms with Gasteiger partial charge in [-0.1, -0.05) is 18.9 Å². The number of nitrogens with two attached hydrogens (primary N) is 1. The molecule has 1 fully saturated rings. The predicted octanol–water partition coefficient (Wildman–Crippen LogP) is 2.59. The zero-order valence-corrected chi connectivity index (χ0v) is 11.6. The van der Waals surface area contributed by atoms with Crippen molar-refractivity contribution in [1.82, 2.24) is 5.32 Å². The zero-order valence-electron chi connectivity index (χ0n) is 11.6. The van der Waals surface area contributed by atoms with Crippen molar-refractivity contribution in [2.45, 2.75) is 38.6 Å². The van der Waals surface area contributed by atoms with Crippen LogP contribution in [0.4, 0.5) is 5.69 Å². The van der Waals surface area contributed by atoms with Crippen molar-refractivity contribution < 1.29 is 9.53 Å². The van der Waals surface area contributed by atoms with E-state index >= 15 is 0 Å². The Balaban J connectivity index is 2.09. The minimum atomic E-state index is -0.108. The van der Waals surface area contributed by atoms with Crippen LogP contribution in [0.3, 0.4) is 0 Å². The Kier molecular flexibility index (Phi) is 4.30. The third-order valence-corrected chi connectivity index (χ3v) is 3.96. The maximum Gasteiger partial charge on any atom is 0.255 e. The lowest BCUT2D eigenvalue weighted by Crippen LogP contribution is -2.37. The van der Waals surface area contributed by atoms with Gasteiger partial charge < -0.3 is 15.8 Å². The summed E-state index contributed by atoms with van der Waals surface area (Å²) in [5.74, 6) is 0.943. The van der Waals surface area contributed by atoms with Crippen LogP contribution in [-0.4, -0.2) is 19.1 Å². The highest BCUT2D eigenvalue weighted by Gasteiger charge is 2.24. The van der Waals surface area contributed by atoms with Gasteiger partial charge in [-0.05, 0) is 37.8 Å². The number of carbonyl (C=O) groups excluding carboxylic acids is 1. The average Bonchev–Trinajstić information content (AvgIpc) is 2.92. The van der Waals surface area contributed by atoms with Crippen molar-refractivity contribution in [3.05, 3.63) is 23.8 Å². The van der Waals surface area contributed by atoms with E-state index in [-0.39, 0.29) is 11.9 Å². The Morgan fingerprint density at radius 1 is 1.42 bits per heavy atom. The SMILES string of the molecule is COc1c(N)cccc1C(=O)NC(C)C1CCCC1. The first-order valence-electron chi connectivity index (χ1n) is 6.87. The lowest BCUT2D eigenvalue weighted by molar-refractivity contribution is 0.0924. The zero-order chi connectivity index (χ0) is 13.8. The Morgan fingerprint density at radius 2 is 2.11 bits per heavy atom. The molecule has 0 bridgehead atoms. The smallest absolute Gasteiger partial charge is 0.255 e. The van der Waals surface area contributed by atoms with E-state index in [1.54, 1.807) is 18.2 Å². The van der Waals surface area contributed by atoms with Crippen molar-refractivity contribution in [3.63, 3.8) is 0 Å². The molecular formula is C15H22N2O2. The number of amides is 1. The largest absolute Gasteiger partial charge is 0.494 e. The van der Waals surface area contributed by atoms with Crippen molar-refractivity contribution in [3.8, 4) is 5.75 Å². The fraction of sp³-hybridized carbons (Fsp3) is 0.533. The second-order valence-electron chi connectivity index (χ2n) is 5.23. The molecule has 2 rings (SSSR count). The fourth-order valence-corrected chi connectivity index (χ4v) is 2.82. The Bertz CT molecular complexity index is 453. The third-order valence-electron chi connectivity index (χ3n) is 3.96. The number of carbonyl (C=O) groups is 1. The molecule has 19 heavy (non-hydrogen) atoms. The summed E-state index contributed by atoms with van der Waals surface area (Å²) in [5, 5.41) is 3.07. The fourth-order valence-electron chi connectivity index (χ4n) is 2.82. The summed E-state index contributed by atoms with van der Waals surface area (Å²) in [6, 6.07) is 5.44. The van der Waals surface area contributed by atoms with Gasteiger partial charge in [-0.3, -0.25) is 4.79 Å². The van der Waals surface area contributed by atoms with Crippen LogP contribution in [0, 0.1) is 5.92 Å². The van der Waals surface area contributed by atoms with Gasteiger partial charge in [0.05, 0.1) is 18.4 Å². The first-order chi connectivity index (χ1) is 9.13. The summed E-state index contributed by atoms with van der Waals surface area (Å²) in [7, 11) is 1.53. The highest BCUT2D eigenvalue weighted by molar-refractivity contribution is 5.98. The van der Waals surface area contributed by atoms with E-state index in [0.717, 1.165) is 0 Å². The monoisotopic (exact) mass is 262 g/mol. The Morgan fingerprint density at radius 3 is 2.74 bits per heavy atom. The predicted molar refractivity (Wildman–Crippen MR) is 76.3 cm³/mol. The molecule has 1 saturated carbocycles. The number of nitrogen functional groups attached to an aromatic ring is 1. The average molecular weight is 262 g/mol. The normalized spacial score (nSPS) is 17.2. The summed E-state index contributed by atoms with van der Waals surface area (Å²) in [6.45, 7) is 2.08. The van der Waals surface area contributed by atoms with E-state index < -0.39 is 0 Å². The quantitative estimate of drug-likeness (QED) is 0.820. The van der Waals surface area contributed by atoms with Crippen LogP contribution in [0.2, 0.25) is 0 Å². The molecule has 3 N–H and O–H groups in total. The molecule has 0 aliphatic heterocycles. The lowest BCUT2D eigenvalue weighted by atomic mass is 9.99. The van der Waals surface area contributed by atoms with Crippen molar-refractivity contribution in [2.24, 2.45) is 5.92 Å². The van der Waals surface area contributed by atoms with Crippen LogP contribution in [0.15, 0.2) is 18.2 Å². The van der Waals surface area contributed by atoms with Gasteiger partial charge in [0.2, 0.25) is 0 Å². The van der Waals surface area contributed by atoms with Gasteiger partial charge in [-0.25, -0.2) is 0 Å². The first kappa shape index (κ1) is 13.7. The molecule has 1 aliphatic rings.